The molecule has 0 aliphatic rings. The van der Waals surface area contributed by atoms with E-state index >= 15 is 0 Å². The highest BCUT2D eigenvalue weighted by Gasteiger charge is 2.14. The minimum Gasteiger partial charge on any atom is -0.336 e. The summed E-state index contributed by atoms with van der Waals surface area (Å²) in [5.74, 6) is 0.442. The number of anilines is 1. The van der Waals surface area contributed by atoms with Crippen LogP contribution in [0.3, 0.4) is 0 Å². The largest absolute Gasteiger partial charge is 0.336 e. The third-order valence-corrected chi connectivity index (χ3v) is 4.17. The zero-order valence-electron chi connectivity index (χ0n) is 13.0. The van der Waals surface area contributed by atoms with Gasteiger partial charge in [-0.05, 0) is 43.0 Å². The first kappa shape index (κ1) is 15.7. The van der Waals surface area contributed by atoms with E-state index in [1.165, 1.54) is 16.8 Å². The molecule has 1 nitrogen and oxygen atoms in total. The summed E-state index contributed by atoms with van der Waals surface area (Å²) in [6, 6.07) is 19.1. The van der Waals surface area contributed by atoms with Gasteiger partial charge in [-0.1, -0.05) is 61.6 Å². The van der Waals surface area contributed by atoms with Gasteiger partial charge in [0.05, 0.1) is 4.99 Å². The molecular formula is C19H23NS. The molecule has 2 aromatic carbocycles. The molecule has 0 aliphatic heterocycles. The highest BCUT2D eigenvalue weighted by Crippen LogP contribution is 2.23. The Balaban J connectivity index is 2.10. The van der Waals surface area contributed by atoms with E-state index in [9.17, 15) is 0 Å². The van der Waals surface area contributed by atoms with Crippen molar-refractivity contribution in [2.24, 2.45) is 0 Å². The van der Waals surface area contributed by atoms with Crippen molar-refractivity contribution >= 4 is 22.9 Å². The monoisotopic (exact) mass is 297 g/mol. The maximum Gasteiger partial charge on any atom is 0.0829 e. The lowest BCUT2D eigenvalue weighted by atomic mass is 9.97. The quantitative estimate of drug-likeness (QED) is 0.685. The van der Waals surface area contributed by atoms with Crippen LogP contribution >= 0.6 is 12.2 Å². The van der Waals surface area contributed by atoms with Crippen LogP contribution in [0.15, 0.2) is 54.6 Å². The second-order valence-corrected chi connectivity index (χ2v) is 5.96. The van der Waals surface area contributed by atoms with Gasteiger partial charge in [0.1, 0.15) is 0 Å². The molecule has 0 spiro atoms. The number of nitrogens with zero attached hydrogens (tertiary/aromatic N) is 1. The third-order valence-electron chi connectivity index (χ3n) is 3.78. The fourth-order valence-corrected chi connectivity index (χ4v) is 3.05. The molecule has 0 radical (unpaired) electrons. The van der Waals surface area contributed by atoms with Gasteiger partial charge in [0.2, 0.25) is 0 Å². The molecule has 0 N–H and O–H groups in total. The second kappa shape index (κ2) is 7.37. The summed E-state index contributed by atoms with van der Waals surface area (Å²) in [6.07, 6.45) is 0.904. The zero-order chi connectivity index (χ0) is 15.2. The van der Waals surface area contributed by atoms with E-state index in [1.54, 1.807) is 0 Å². The Bertz CT molecular complexity index is 592. The molecule has 0 saturated carbocycles. The average molecular weight is 297 g/mol. The molecule has 0 amide bonds. The molecule has 0 aromatic heterocycles. The van der Waals surface area contributed by atoms with Crippen molar-refractivity contribution in [3.8, 4) is 0 Å². The van der Waals surface area contributed by atoms with E-state index in [2.05, 4.69) is 80.3 Å². The van der Waals surface area contributed by atoms with Crippen molar-refractivity contribution in [1.82, 2.24) is 0 Å². The van der Waals surface area contributed by atoms with Crippen LogP contribution in [-0.4, -0.2) is 11.5 Å². The minimum absolute atomic E-state index is 0.442. The summed E-state index contributed by atoms with van der Waals surface area (Å²) < 4.78 is 0. The summed E-state index contributed by atoms with van der Waals surface area (Å²) in [4.78, 5) is 3.25. The molecule has 2 heteroatoms. The standard InChI is InChI=1S/C19H23NS/c1-4-20(18-12-8-9-15(2)13-18)19(21)14-16(3)17-10-6-5-7-11-17/h5-13,16H,4,14H2,1-3H3. The number of thiocarbonyl (C=S) groups is 1. The molecule has 2 aromatic rings. The van der Waals surface area contributed by atoms with E-state index < -0.39 is 0 Å². The molecule has 2 rings (SSSR count). The lowest BCUT2D eigenvalue weighted by molar-refractivity contribution is 0.798. The van der Waals surface area contributed by atoms with Crippen molar-refractivity contribution in [2.75, 3.05) is 11.4 Å². The predicted molar refractivity (Wildman–Crippen MR) is 96.3 cm³/mol. The number of hydrogen-bond acceptors (Lipinski definition) is 1. The average Bonchev–Trinajstić information content (AvgIpc) is 2.49. The maximum absolute atomic E-state index is 5.70. The van der Waals surface area contributed by atoms with Gasteiger partial charge in [-0.2, -0.15) is 0 Å². The van der Waals surface area contributed by atoms with E-state index in [4.69, 9.17) is 12.2 Å². The molecule has 1 unspecified atom stereocenters. The smallest absolute Gasteiger partial charge is 0.0829 e. The SMILES string of the molecule is CCN(C(=S)CC(C)c1ccccc1)c1cccc(C)c1. The first-order valence-electron chi connectivity index (χ1n) is 7.53. The summed E-state index contributed by atoms with van der Waals surface area (Å²) in [6.45, 7) is 7.42. The van der Waals surface area contributed by atoms with Crippen LogP contribution in [0.1, 0.15) is 37.3 Å². The van der Waals surface area contributed by atoms with Crippen LogP contribution in [0.5, 0.6) is 0 Å². The van der Waals surface area contributed by atoms with Crippen LogP contribution in [0.25, 0.3) is 0 Å². The Morgan fingerprint density at radius 3 is 2.43 bits per heavy atom. The van der Waals surface area contributed by atoms with Gasteiger partial charge in [-0.15, -0.1) is 0 Å². The lowest BCUT2D eigenvalue weighted by Gasteiger charge is -2.26. The first-order valence-corrected chi connectivity index (χ1v) is 7.94. The summed E-state index contributed by atoms with van der Waals surface area (Å²) >= 11 is 5.70. The molecule has 110 valence electrons. The molecule has 21 heavy (non-hydrogen) atoms. The topological polar surface area (TPSA) is 3.24 Å². The van der Waals surface area contributed by atoms with Gasteiger partial charge in [0.15, 0.2) is 0 Å². The van der Waals surface area contributed by atoms with Crippen LogP contribution < -0.4 is 4.90 Å². The van der Waals surface area contributed by atoms with E-state index in [0.717, 1.165) is 18.0 Å². The number of hydrogen-bond donors (Lipinski definition) is 0. The summed E-state index contributed by atoms with van der Waals surface area (Å²) in [5.41, 5.74) is 3.81. The van der Waals surface area contributed by atoms with Gasteiger partial charge in [-0.25, -0.2) is 0 Å². The van der Waals surface area contributed by atoms with Gasteiger partial charge >= 0.3 is 0 Å². The third kappa shape index (κ3) is 4.15. The van der Waals surface area contributed by atoms with E-state index in [0.29, 0.717) is 5.92 Å². The van der Waals surface area contributed by atoms with Gasteiger partial charge < -0.3 is 4.90 Å². The predicted octanol–water partition coefficient (Wildman–Crippen LogP) is 5.34. The van der Waals surface area contributed by atoms with Crippen molar-refractivity contribution in [2.45, 2.75) is 33.1 Å². The molecule has 0 saturated heterocycles. The molecule has 0 heterocycles. The van der Waals surface area contributed by atoms with Crippen molar-refractivity contribution < 1.29 is 0 Å². The normalized spacial score (nSPS) is 12.0. The number of benzene rings is 2. The van der Waals surface area contributed by atoms with Crippen molar-refractivity contribution in [1.29, 1.82) is 0 Å². The Morgan fingerprint density at radius 1 is 1.10 bits per heavy atom. The summed E-state index contributed by atoms with van der Waals surface area (Å²) in [7, 11) is 0. The first-order chi connectivity index (χ1) is 10.1. The minimum atomic E-state index is 0.442. The molecule has 0 bridgehead atoms. The molecule has 0 fully saturated rings. The van der Waals surface area contributed by atoms with Crippen LogP contribution in [0.2, 0.25) is 0 Å². The zero-order valence-corrected chi connectivity index (χ0v) is 13.9. The lowest BCUT2D eigenvalue weighted by Crippen LogP contribution is -2.30. The van der Waals surface area contributed by atoms with Crippen LogP contribution in [0.4, 0.5) is 5.69 Å². The van der Waals surface area contributed by atoms with Gasteiger partial charge in [0.25, 0.3) is 0 Å². The maximum atomic E-state index is 5.70. The Morgan fingerprint density at radius 2 is 1.81 bits per heavy atom. The second-order valence-electron chi connectivity index (χ2n) is 5.49. The Labute approximate surface area is 133 Å². The van der Waals surface area contributed by atoms with Crippen LogP contribution in [0, 0.1) is 6.92 Å². The van der Waals surface area contributed by atoms with Gasteiger partial charge in [-0.3, -0.25) is 0 Å². The number of aryl methyl sites for hydroxylation is 1. The van der Waals surface area contributed by atoms with Crippen molar-refractivity contribution in [3.05, 3.63) is 65.7 Å². The molecule has 1 atom stereocenters. The number of rotatable bonds is 5. The van der Waals surface area contributed by atoms with Crippen LogP contribution in [-0.2, 0) is 0 Å². The molecule has 0 aliphatic carbocycles. The van der Waals surface area contributed by atoms with E-state index in [1.807, 2.05) is 0 Å². The Hall–Kier alpha value is -1.67. The van der Waals surface area contributed by atoms with Crippen molar-refractivity contribution in [3.63, 3.8) is 0 Å². The fourth-order valence-electron chi connectivity index (χ4n) is 2.57. The Kier molecular flexibility index (Phi) is 5.51. The summed E-state index contributed by atoms with van der Waals surface area (Å²) in [5, 5.41) is 0. The van der Waals surface area contributed by atoms with Gasteiger partial charge in [0, 0.05) is 18.7 Å². The highest BCUT2D eigenvalue weighted by atomic mass is 32.1. The van der Waals surface area contributed by atoms with E-state index in [-0.39, 0.29) is 0 Å². The molecular weight excluding hydrogens is 274 g/mol. The fraction of sp³-hybridized carbons (Fsp3) is 0.316. The highest BCUT2D eigenvalue weighted by molar-refractivity contribution is 7.80.